The van der Waals surface area contributed by atoms with Crippen LogP contribution in [0.4, 0.5) is 13.2 Å². The number of rotatable bonds is 4. The molecule has 3 rings (SSSR count). The van der Waals surface area contributed by atoms with Gasteiger partial charge in [-0.25, -0.2) is 10.4 Å². The van der Waals surface area contributed by atoms with E-state index >= 15 is 0 Å². The number of benzene rings is 2. The van der Waals surface area contributed by atoms with E-state index in [1.165, 1.54) is 18.3 Å². The van der Waals surface area contributed by atoms with Crippen LogP contribution in [0, 0.1) is 0 Å². The number of hydrazone groups is 1. The van der Waals surface area contributed by atoms with Crippen molar-refractivity contribution in [3.8, 4) is 0 Å². The SMILES string of the molecule is O=C(Cn1c(C(F)(F)F)nc2ccccc21)N/N=C/c1ccccc1. The number of alkyl halides is 3. The molecule has 0 saturated heterocycles. The smallest absolute Gasteiger partial charge is 0.311 e. The molecule has 0 fully saturated rings. The standard InChI is InChI=1S/C17H13F3N4O/c18-17(19,20)16-22-13-8-4-5-9-14(13)24(16)11-15(25)23-21-10-12-6-2-1-3-7-12/h1-10H,11H2,(H,23,25)/b21-10+. The van der Waals surface area contributed by atoms with Crippen LogP contribution in [0.1, 0.15) is 11.4 Å². The lowest BCUT2D eigenvalue weighted by molar-refractivity contribution is -0.147. The van der Waals surface area contributed by atoms with Gasteiger partial charge in [0.2, 0.25) is 5.82 Å². The molecule has 0 saturated carbocycles. The maximum absolute atomic E-state index is 13.2. The first kappa shape index (κ1) is 16.7. The van der Waals surface area contributed by atoms with Gasteiger partial charge in [0.05, 0.1) is 17.2 Å². The van der Waals surface area contributed by atoms with Gasteiger partial charge in [0.15, 0.2) is 0 Å². The fourth-order valence-electron chi connectivity index (χ4n) is 2.35. The fraction of sp³-hybridized carbons (Fsp3) is 0.118. The number of halogens is 3. The molecule has 128 valence electrons. The largest absolute Gasteiger partial charge is 0.449 e. The normalized spacial score (nSPS) is 12.0. The Morgan fingerprint density at radius 3 is 2.52 bits per heavy atom. The van der Waals surface area contributed by atoms with Gasteiger partial charge in [0.1, 0.15) is 6.54 Å². The number of carbonyl (C=O) groups is 1. The highest BCUT2D eigenvalue weighted by molar-refractivity contribution is 5.83. The molecule has 1 amide bonds. The number of hydrogen-bond acceptors (Lipinski definition) is 3. The maximum Gasteiger partial charge on any atom is 0.449 e. The first-order valence-electron chi connectivity index (χ1n) is 7.34. The van der Waals surface area contributed by atoms with Crippen LogP contribution in [-0.2, 0) is 17.5 Å². The molecule has 0 bridgehead atoms. The van der Waals surface area contributed by atoms with Gasteiger partial charge in [-0.2, -0.15) is 18.3 Å². The van der Waals surface area contributed by atoms with E-state index in [9.17, 15) is 18.0 Å². The summed E-state index contributed by atoms with van der Waals surface area (Å²) >= 11 is 0. The lowest BCUT2D eigenvalue weighted by Gasteiger charge is -2.10. The molecule has 3 aromatic rings. The summed E-state index contributed by atoms with van der Waals surface area (Å²) in [5, 5.41) is 3.75. The van der Waals surface area contributed by atoms with E-state index in [-0.39, 0.29) is 11.0 Å². The first-order chi connectivity index (χ1) is 11.9. The Kier molecular flexibility index (Phi) is 4.51. The zero-order valence-electron chi connectivity index (χ0n) is 12.9. The lowest BCUT2D eigenvalue weighted by atomic mass is 10.2. The van der Waals surface area contributed by atoms with E-state index in [0.717, 1.165) is 10.1 Å². The summed E-state index contributed by atoms with van der Waals surface area (Å²) in [5.41, 5.74) is 3.39. The second kappa shape index (κ2) is 6.76. The predicted molar refractivity (Wildman–Crippen MR) is 86.9 cm³/mol. The summed E-state index contributed by atoms with van der Waals surface area (Å²) in [5.74, 6) is -1.79. The quantitative estimate of drug-likeness (QED) is 0.583. The number of carbonyl (C=O) groups excluding carboxylic acids is 1. The number of nitrogens with one attached hydrogen (secondary N) is 1. The number of fused-ring (bicyclic) bond motifs is 1. The highest BCUT2D eigenvalue weighted by Crippen LogP contribution is 2.31. The fourth-order valence-corrected chi connectivity index (χ4v) is 2.35. The average Bonchev–Trinajstić information content (AvgIpc) is 2.95. The van der Waals surface area contributed by atoms with Crippen molar-refractivity contribution in [2.45, 2.75) is 12.7 Å². The van der Waals surface area contributed by atoms with Crippen molar-refractivity contribution in [2.75, 3.05) is 0 Å². The van der Waals surface area contributed by atoms with Gasteiger partial charge < -0.3 is 4.57 Å². The topological polar surface area (TPSA) is 59.3 Å². The number of nitrogens with zero attached hydrogens (tertiary/aromatic N) is 3. The molecule has 0 unspecified atom stereocenters. The molecule has 5 nitrogen and oxygen atoms in total. The van der Waals surface area contributed by atoms with Crippen molar-refractivity contribution in [3.05, 3.63) is 66.0 Å². The summed E-state index contributed by atoms with van der Waals surface area (Å²) in [4.78, 5) is 15.6. The maximum atomic E-state index is 13.2. The van der Waals surface area contributed by atoms with Crippen LogP contribution in [0.5, 0.6) is 0 Å². The molecule has 2 aromatic carbocycles. The summed E-state index contributed by atoms with van der Waals surface area (Å²) in [6, 6.07) is 15.1. The van der Waals surface area contributed by atoms with Gasteiger partial charge in [-0.1, -0.05) is 42.5 Å². The van der Waals surface area contributed by atoms with Crippen molar-refractivity contribution in [1.82, 2.24) is 15.0 Å². The molecular weight excluding hydrogens is 333 g/mol. The zero-order chi connectivity index (χ0) is 17.9. The molecule has 0 aliphatic heterocycles. The second-order valence-corrected chi connectivity index (χ2v) is 5.21. The van der Waals surface area contributed by atoms with E-state index in [0.29, 0.717) is 0 Å². The highest BCUT2D eigenvalue weighted by atomic mass is 19.4. The number of para-hydroxylation sites is 2. The molecule has 0 aliphatic carbocycles. The van der Waals surface area contributed by atoms with E-state index in [2.05, 4.69) is 15.5 Å². The van der Waals surface area contributed by atoms with Crippen LogP contribution >= 0.6 is 0 Å². The van der Waals surface area contributed by atoms with E-state index in [1.807, 2.05) is 6.07 Å². The molecule has 8 heteroatoms. The minimum absolute atomic E-state index is 0.176. The summed E-state index contributed by atoms with van der Waals surface area (Å²) in [6.45, 7) is -0.540. The Balaban J connectivity index is 1.80. The van der Waals surface area contributed by atoms with Crippen LogP contribution < -0.4 is 5.43 Å². The molecule has 1 heterocycles. The predicted octanol–water partition coefficient (Wildman–Crippen LogP) is 3.21. The van der Waals surface area contributed by atoms with Gasteiger partial charge >= 0.3 is 6.18 Å². The van der Waals surface area contributed by atoms with Gasteiger partial charge in [-0.3, -0.25) is 4.79 Å². The minimum Gasteiger partial charge on any atom is -0.311 e. The minimum atomic E-state index is -4.66. The summed E-state index contributed by atoms with van der Waals surface area (Å²) in [6.07, 6.45) is -3.25. The van der Waals surface area contributed by atoms with Gasteiger partial charge in [0, 0.05) is 0 Å². The van der Waals surface area contributed by atoms with Crippen molar-refractivity contribution < 1.29 is 18.0 Å². The lowest BCUT2D eigenvalue weighted by Crippen LogP contribution is -2.26. The highest BCUT2D eigenvalue weighted by Gasteiger charge is 2.37. The van der Waals surface area contributed by atoms with Crippen LogP contribution in [0.2, 0.25) is 0 Å². The van der Waals surface area contributed by atoms with Crippen LogP contribution in [-0.4, -0.2) is 21.7 Å². The summed E-state index contributed by atoms with van der Waals surface area (Å²) in [7, 11) is 0. The van der Waals surface area contributed by atoms with E-state index < -0.39 is 24.5 Å². The van der Waals surface area contributed by atoms with Crippen molar-refractivity contribution in [2.24, 2.45) is 5.10 Å². The number of amides is 1. The third-order valence-corrected chi connectivity index (χ3v) is 3.41. The van der Waals surface area contributed by atoms with Crippen molar-refractivity contribution in [1.29, 1.82) is 0 Å². The van der Waals surface area contributed by atoms with Crippen LogP contribution in [0.3, 0.4) is 0 Å². The molecule has 0 aliphatic rings. The molecule has 1 aromatic heterocycles. The molecule has 1 N–H and O–H groups in total. The Morgan fingerprint density at radius 2 is 1.80 bits per heavy atom. The Labute approximate surface area is 140 Å². The molecule has 0 spiro atoms. The number of hydrogen-bond donors (Lipinski definition) is 1. The molecule has 25 heavy (non-hydrogen) atoms. The third kappa shape index (κ3) is 3.85. The van der Waals surface area contributed by atoms with Crippen molar-refractivity contribution in [3.63, 3.8) is 0 Å². The van der Waals surface area contributed by atoms with Gasteiger partial charge in [0.25, 0.3) is 5.91 Å². The second-order valence-electron chi connectivity index (χ2n) is 5.21. The number of imidazole rings is 1. The average molecular weight is 346 g/mol. The Morgan fingerprint density at radius 1 is 1.12 bits per heavy atom. The first-order valence-corrected chi connectivity index (χ1v) is 7.34. The number of aromatic nitrogens is 2. The van der Waals surface area contributed by atoms with E-state index in [4.69, 9.17) is 0 Å². The molecular formula is C17H13F3N4O. The third-order valence-electron chi connectivity index (χ3n) is 3.41. The van der Waals surface area contributed by atoms with Gasteiger partial charge in [-0.15, -0.1) is 0 Å². The summed E-state index contributed by atoms with van der Waals surface area (Å²) < 4.78 is 40.3. The zero-order valence-corrected chi connectivity index (χ0v) is 12.9. The Bertz CT molecular complexity index is 917. The monoisotopic (exact) mass is 346 g/mol. The van der Waals surface area contributed by atoms with Crippen LogP contribution in [0.15, 0.2) is 59.7 Å². The van der Waals surface area contributed by atoms with Crippen molar-refractivity contribution >= 4 is 23.2 Å². The molecule has 0 atom stereocenters. The van der Waals surface area contributed by atoms with Gasteiger partial charge in [-0.05, 0) is 17.7 Å². The van der Waals surface area contributed by atoms with Crippen LogP contribution in [0.25, 0.3) is 11.0 Å². The Hall–Kier alpha value is -3.16. The van der Waals surface area contributed by atoms with E-state index in [1.54, 1.807) is 36.4 Å². The molecule has 0 radical (unpaired) electrons.